The largest absolute Gasteiger partial charge is 0.370 e. The van der Waals surface area contributed by atoms with Crippen molar-refractivity contribution in [1.82, 2.24) is 9.97 Å². The van der Waals surface area contributed by atoms with Crippen molar-refractivity contribution in [1.29, 1.82) is 0 Å². The SMILES string of the molecule is CCNc1cc(NC2CCCC(C)C2)nc(CC)n1. The van der Waals surface area contributed by atoms with Gasteiger partial charge in [0.25, 0.3) is 0 Å². The van der Waals surface area contributed by atoms with Crippen LogP contribution in [-0.2, 0) is 6.42 Å². The number of hydrogen-bond acceptors (Lipinski definition) is 4. The summed E-state index contributed by atoms with van der Waals surface area (Å²) in [4.78, 5) is 9.08. The Kier molecular flexibility index (Phi) is 5.00. The highest BCUT2D eigenvalue weighted by Gasteiger charge is 2.19. The van der Waals surface area contributed by atoms with Gasteiger partial charge in [-0.05, 0) is 25.7 Å². The van der Waals surface area contributed by atoms with Gasteiger partial charge < -0.3 is 10.6 Å². The summed E-state index contributed by atoms with van der Waals surface area (Å²) in [5.41, 5.74) is 0. The van der Waals surface area contributed by atoms with Crippen molar-refractivity contribution in [2.45, 2.75) is 58.9 Å². The summed E-state index contributed by atoms with van der Waals surface area (Å²) in [7, 11) is 0. The molecule has 2 atom stereocenters. The van der Waals surface area contributed by atoms with Gasteiger partial charge in [-0.1, -0.05) is 26.7 Å². The highest BCUT2D eigenvalue weighted by molar-refractivity contribution is 5.48. The number of aromatic nitrogens is 2. The molecule has 0 spiro atoms. The molecule has 0 bridgehead atoms. The minimum atomic E-state index is 0.567. The third kappa shape index (κ3) is 4.08. The van der Waals surface area contributed by atoms with Crippen molar-refractivity contribution in [2.75, 3.05) is 17.2 Å². The third-order valence-electron chi connectivity index (χ3n) is 3.73. The number of hydrogen-bond donors (Lipinski definition) is 2. The Morgan fingerprint density at radius 1 is 1.21 bits per heavy atom. The molecule has 0 saturated heterocycles. The summed E-state index contributed by atoms with van der Waals surface area (Å²) in [6.07, 6.45) is 6.07. The molecule has 1 aromatic rings. The second kappa shape index (κ2) is 6.73. The minimum Gasteiger partial charge on any atom is -0.370 e. The van der Waals surface area contributed by atoms with Gasteiger partial charge in [0.1, 0.15) is 17.5 Å². The average molecular weight is 262 g/mol. The van der Waals surface area contributed by atoms with Gasteiger partial charge in [-0.2, -0.15) is 0 Å². The second-order valence-electron chi connectivity index (χ2n) is 5.55. The van der Waals surface area contributed by atoms with Crippen LogP contribution in [0.15, 0.2) is 6.07 Å². The van der Waals surface area contributed by atoms with Crippen molar-refractivity contribution >= 4 is 11.6 Å². The number of aryl methyl sites for hydroxylation is 1. The summed E-state index contributed by atoms with van der Waals surface area (Å²) in [6.45, 7) is 7.41. The number of rotatable bonds is 5. The van der Waals surface area contributed by atoms with E-state index in [0.29, 0.717) is 6.04 Å². The van der Waals surface area contributed by atoms with Crippen LogP contribution >= 0.6 is 0 Å². The minimum absolute atomic E-state index is 0.567. The highest BCUT2D eigenvalue weighted by Crippen LogP contribution is 2.26. The first kappa shape index (κ1) is 14.1. The van der Waals surface area contributed by atoms with E-state index < -0.39 is 0 Å². The quantitative estimate of drug-likeness (QED) is 0.853. The fourth-order valence-corrected chi connectivity index (χ4v) is 2.78. The number of anilines is 2. The van der Waals surface area contributed by atoms with Crippen LogP contribution < -0.4 is 10.6 Å². The predicted molar refractivity (Wildman–Crippen MR) is 80.6 cm³/mol. The molecule has 0 aliphatic heterocycles. The lowest BCUT2D eigenvalue weighted by Gasteiger charge is -2.28. The average Bonchev–Trinajstić information content (AvgIpc) is 2.39. The van der Waals surface area contributed by atoms with Crippen LogP contribution in [0.25, 0.3) is 0 Å². The Morgan fingerprint density at radius 3 is 2.68 bits per heavy atom. The van der Waals surface area contributed by atoms with Gasteiger partial charge in [0.05, 0.1) is 0 Å². The summed E-state index contributed by atoms with van der Waals surface area (Å²) in [5.74, 6) is 3.64. The Hall–Kier alpha value is -1.32. The van der Waals surface area contributed by atoms with Gasteiger partial charge in [0.2, 0.25) is 0 Å². The van der Waals surface area contributed by atoms with E-state index in [0.717, 1.165) is 36.3 Å². The molecular weight excluding hydrogens is 236 g/mol. The first-order chi connectivity index (χ1) is 9.21. The van der Waals surface area contributed by atoms with Gasteiger partial charge in [0, 0.05) is 25.1 Å². The second-order valence-corrected chi connectivity index (χ2v) is 5.55. The lowest BCUT2D eigenvalue weighted by Crippen LogP contribution is -2.26. The van der Waals surface area contributed by atoms with E-state index >= 15 is 0 Å². The zero-order valence-electron chi connectivity index (χ0n) is 12.4. The molecule has 106 valence electrons. The molecule has 0 aromatic carbocycles. The van der Waals surface area contributed by atoms with Crippen molar-refractivity contribution in [2.24, 2.45) is 5.92 Å². The van der Waals surface area contributed by atoms with Crippen LogP contribution in [0, 0.1) is 5.92 Å². The predicted octanol–water partition coefficient (Wildman–Crippen LogP) is 3.46. The fraction of sp³-hybridized carbons (Fsp3) is 0.733. The fourth-order valence-electron chi connectivity index (χ4n) is 2.78. The van der Waals surface area contributed by atoms with E-state index in [1.165, 1.54) is 25.7 Å². The lowest BCUT2D eigenvalue weighted by molar-refractivity contribution is 0.358. The molecule has 0 amide bonds. The molecule has 2 N–H and O–H groups in total. The van der Waals surface area contributed by atoms with Crippen LogP contribution in [0.2, 0.25) is 0 Å². The third-order valence-corrected chi connectivity index (χ3v) is 3.73. The molecule has 1 aliphatic carbocycles. The Balaban J connectivity index is 2.07. The Labute approximate surface area is 116 Å². The van der Waals surface area contributed by atoms with E-state index in [4.69, 9.17) is 0 Å². The molecule has 2 rings (SSSR count). The van der Waals surface area contributed by atoms with Crippen molar-refractivity contribution < 1.29 is 0 Å². The summed E-state index contributed by atoms with van der Waals surface area (Å²) >= 11 is 0. The maximum atomic E-state index is 4.59. The van der Waals surface area contributed by atoms with Crippen LogP contribution in [-0.4, -0.2) is 22.6 Å². The van der Waals surface area contributed by atoms with Gasteiger partial charge in [0.15, 0.2) is 0 Å². The van der Waals surface area contributed by atoms with Gasteiger partial charge in [-0.25, -0.2) is 9.97 Å². The topological polar surface area (TPSA) is 49.8 Å². The molecule has 1 aromatic heterocycles. The molecule has 19 heavy (non-hydrogen) atoms. The molecular formula is C15H26N4. The van der Waals surface area contributed by atoms with E-state index in [2.05, 4.69) is 41.4 Å². The Bertz CT molecular complexity index is 405. The molecule has 1 saturated carbocycles. The smallest absolute Gasteiger partial charge is 0.132 e. The summed E-state index contributed by atoms with van der Waals surface area (Å²) in [5, 5.41) is 6.87. The van der Waals surface area contributed by atoms with Gasteiger partial charge in [-0.3, -0.25) is 0 Å². The molecule has 1 fully saturated rings. The summed E-state index contributed by atoms with van der Waals surface area (Å²) < 4.78 is 0. The first-order valence-corrected chi connectivity index (χ1v) is 7.59. The zero-order valence-corrected chi connectivity index (χ0v) is 12.4. The maximum absolute atomic E-state index is 4.59. The van der Waals surface area contributed by atoms with E-state index in [-0.39, 0.29) is 0 Å². The van der Waals surface area contributed by atoms with Gasteiger partial charge >= 0.3 is 0 Å². The molecule has 1 aliphatic rings. The molecule has 2 unspecified atom stereocenters. The molecule has 0 radical (unpaired) electrons. The van der Waals surface area contributed by atoms with Crippen LogP contribution in [0.4, 0.5) is 11.6 Å². The monoisotopic (exact) mass is 262 g/mol. The number of nitrogens with zero attached hydrogens (tertiary/aromatic N) is 2. The molecule has 1 heterocycles. The zero-order chi connectivity index (χ0) is 13.7. The first-order valence-electron chi connectivity index (χ1n) is 7.59. The van der Waals surface area contributed by atoms with Crippen LogP contribution in [0.1, 0.15) is 52.3 Å². The van der Waals surface area contributed by atoms with Crippen molar-refractivity contribution in [3.05, 3.63) is 11.9 Å². The molecule has 4 nitrogen and oxygen atoms in total. The molecule has 4 heteroatoms. The van der Waals surface area contributed by atoms with Crippen molar-refractivity contribution in [3.8, 4) is 0 Å². The highest BCUT2D eigenvalue weighted by atomic mass is 15.1. The van der Waals surface area contributed by atoms with E-state index in [1.807, 2.05) is 6.07 Å². The maximum Gasteiger partial charge on any atom is 0.132 e. The van der Waals surface area contributed by atoms with Crippen LogP contribution in [0.3, 0.4) is 0 Å². The number of nitrogens with one attached hydrogen (secondary N) is 2. The van der Waals surface area contributed by atoms with Gasteiger partial charge in [-0.15, -0.1) is 0 Å². The van der Waals surface area contributed by atoms with Crippen molar-refractivity contribution in [3.63, 3.8) is 0 Å². The standard InChI is InChI=1S/C15H26N4/c1-4-13-18-14(16-5-2)10-15(19-13)17-12-8-6-7-11(3)9-12/h10-12H,4-9H2,1-3H3,(H2,16,17,18,19). The lowest BCUT2D eigenvalue weighted by atomic mass is 9.87. The van der Waals surface area contributed by atoms with Crippen LogP contribution in [0.5, 0.6) is 0 Å². The summed E-state index contributed by atoms with van der Waals surface area (Å²) in [6, 6.07) is 2.60. The normalized spacial score (nSPS) is 23.1. The van der Waals surface area contributed by atoms with E-state index in [9.17, 15) is 0 Å². The van der Waals surface area contributed by atoms with E-state index in [1.54, 1.807) is 0 Å². The Morgan fingerprint density at radius 2 is 2.00 bits per heavy atom.